The number of aromatic nitrogens is 3. The van der Waals surface area contributed by atoms with Gasteiger partial charge < -0.3 is 14.8 Å². The molecule has 0 atom stereocenters. The maximum atomic E-state index is 13.9. The molecule has 0 saturated heterocycles. The molecule has 0 fully saturated rings. The number of halogens is 1. The molecule has 3 aromatic rings. The minimum Gasteiger partial charge on any atom is -0.460 e. The van der Waals surface area contributed by atoms with Gasteiger partial charge in [0.15, 0.2) is 11.6 Å². The first-order valence-electron chi connectivity index (χ1n) is 9.41. The summed E-state index contributed by atoms with van der Waals surface area (Å²) in [6.45, 7) is 3.94. The zero-order chi connectivity index (χ0) is 22.4. The van der Waals surface area contributed by atoms with E-state index in [-0.39, 0.29) is 18.0 Å². The number of anilines is 1. The predicted octanol–water partition coefficient (Wildman–Crippen LogP) is 3.35. The average Bonchev–Trinajstić information content (AvgIpc) is 2.75. The van der Waals surface area contributed by atoms with Crippen molar-refractivity contribution >= 4 is 17.7 Å². The fourth-order valence-electron chi connectivity index (χ4n) is 2.86. The molecule has 0 aliphatic heterocycles. The van der Waals surface area contributed by atoms with Gasteiger partial charge in [0.2, 0.25) is 0 Å². The Hall–Kier alpha value is -3.72. The minimum absolute atomic E-state index is 0.101. The zero-order valence-electron chi connectivity index (χ0n) is 17.3. The van der Waals surface area contributed by atoms with Crippen LogP contribution in [0.1, 0.15) is 31.8 Å². The number of ether oxygens (including phenoxy) is 2. The highest BCUT2D eigenvalue weighted by molar-refractivity contribution is 6.04. The smallest absolute Gasteiger partial charge is 0.338 e. The molecule has 0 spiro atoms. The van der Waals surface area contributed by atoms with Crippen molar-refractivity contribution in [2.45, 2.75) is 13.8 Å². The molecule has 2 heterocycles. The van der Waals surface area contributed by atoms with Crippen LogP contribution in [-0.2, 0) is 9.47 Å². The number of carbonyl (C=O) groups is 2. The Morgan fingerprint density at radius 2 is 1.84 bits per heavy atom. The fourth-order valence-corrected chi connectivity index (χ4v) is 2.86. The highest BCUT2D eigenvalue weighted by Gasteiger charge is 2.16. The molecule has 0 aliphatic rings. The average molecular weight is 424 g/mol. The van der Waals surface area contributed by atoms with Crippen molar-refractivity contribution in [3.05, 3.63) is 71.1 Å². The lowest BCUT2D eigenvalue weighted by Crippen LogP contribution is -2.16. The lowest BCUT2D eigenvalue weighted by atomic mass is 10.0. The number of pyridine rings is 1. The third-order valence-corrected chi connectivity index (χ3v) is 4.48. The van der Waals surface area contributed by atoms with Gasteiger partial charge in [0, 0.05) is 18.9 Å². The summed E-state index contributed by atoms with van der Waals surface area (Å²) in [5.41, 5.74) is 2.77. The molecule has 0 saturated carbocycles. The van der Waals surface area contributed by atoms with Gasteiger partial charge >= 0.3 is 5.97 Å². The van der Waals surface area contributed by atoms with E-state index in [0.717, 1.165) is 11.8 Å². The Morgan fingerprint density at radius 1 is 1.03 bits per heavy atom. The number of methoxy groups -OCH3 is 1. The molecule has 0 aliphatic carbocycles. The molecule has 0 unspecified atom stereocenters. The van der Waals surface area contributed by atoms with Crippen molar-refractivity contribution in [2.75, 3.05) is 25.6 Å². The van der Waals surface area contributed by atoms with Crippen LogP contribution in [0.2, 0.25) is 0 Å². The van der Waals surface area contributed by atoms with Crippen LogP contribution >= 0.6 is 0 Å². The number of hydrogen-bond donors (Lipinski definition) is 1. The van der Waals surface area contributed by atoms with Crippen LogP contribution < -0.4 is 5.32 Å². The monoisotopic (exact) mass is 424 g/mol. The molecular weight excluding hydrogens is 403 g/mol. The third kappa shape index (κ3) is 5.26. The second kappa shape index (κ2) is 9.86. The normalized spacial score (nSPS) is 10.6. The predicted molar refractivity (Wildman–Crippen MR) is 111 cm³/mol. The lowest BCUT2D eigenvalue weighted by Gasteiger charge is -2.10. The van der Waals surface area contributed by atoms with E-state index in [1.807, 2.05) is 6.92 Å². The van der Waals surface area contributed by atoms with Crippen LogP contribution in [0.5, 0.6) is 0 Å². The van der Waals surface area contributed by atoms with E-state index in [9.17, 15) is 14.0 Å². The summed E-state index contributed by atoms with van der Waals surface area (Å²) < 4.78 is 23.9. The highest BCUT2D eigenvalue weighted by Crippen LogP contribution is 2.23. The quantitative estimate of drug-likeness (QED) is 0.458. The summed E-state index contributed by atoms with van der Waals surface area (Å²) in [6, 6.07) is 5.12. The van der Waals surface area contributed by atoms with Crippen molar-refractivity contribution in [2.24, 2.45) is 0 Å². The fraction of sp³-hybridized carbons (Fsp3) is 0.227. The largest absolute Gasteiger partial charge is 0.460 e. The van der Waals surface area contributed by atoms with Crippen molar-refractivity contribution in [1.29, 1.82) is 0 Å². The van der Waals surface area contributed by atoms with E-state index in [1.165, 1.54) is 25.7 Å². The van der Waals surface area contributed by atoms with Gasteiger partial charge in [0.1, 0.15) is 6.61 Å². The molecule has 2 aromatic heterocycles. The Labute approximate surface area is 178 Å². The van der Waals surface area contributed by atoms with Gasteiger partial charge in [-0.2, -0.15) is 0 Å². The van der Waals surface area contributed by atoms with E-state index >= 15 is 0 Å². The number of amides is 1. The van der Waals surface area contributed by atoms with Gasteiger partial charge in [-0.25, -0.2) is 14.2 Å². The number of carbonyl (C=O) groups excluding carboxylic acids is 2. The SMILES string of the molecule is COCCOC(=O)c1ccc(C)c(-c2cnc(NC(=O)c3c(C)cncc3F)cn2)c1. The number of nitrogens with one attached hydrogen (secondary N) is 1. The first-order valence-corrected chi connectivity index (χ1v) is 9.41. The number of rotatable bonds is 7. The van der Waals surface area contributed by atoms with E-state index in [2.05, 4.69) is 20.3 Å². The molecule has 8 nitrogen and oxygen atoms in total. The maximum Gasteiger partial charge on any atom is 0.338 e. The molecule has 0 bridgehead atoms. The molecule has 0 radical (unpaired) electrons. The second-order valence-electron chi connectivity index (χ2n) is 6.71. The second-order valence-corrected chi connectivity index (χ2v) is 6.71. The molecule has 31 heavy (non-hydrogen) atoms. The summed E-state index contributed by atoms with van der Waals surface area (Å²) >= 11 is 0. The minimum atomic E-state index is -0.716. The maximum absolute atomic E-state index is 13.9. The first-order chi connectivity index (χ1) is 14.9. The van der Waals surface area contributed by atoms with E-state index in [1.54, 1.807) is 25.1 Å². The van der Waals surface area contributed by atoms with Gasteiger partial charge in [-0.1, -0.05) is 6.07 Å². The van der Waals surface area contributed by atoms with E-state index < -0.39 is 17.7 Å². The Morgan fingerprint density at radius 3 is 2.52 bits per heavy atom. The van der Waals surface area contributed by atoms with Gasteiger partial charge in [-0.15, -0.1) is 0 Å². The lowest BCUT2D eigenvalue weighted by molar-refractivity contribution is 0.0388. The van der Waals surface area contributed by atoms with Crippen LogP contribution in [-0.4, -0.2) is 47.2 Å². The summed E-state index contributed by atoms with van der Waals surface area (Å²) in [4.78, 5) is 36.8. The number of nitrogens with zero attached hydrogens (tertiary/aromatic N) is 3. The van der Waals surface area contributed by atoms with Crippen molar-refractivity contribution in [3.8, 4) is 11.3 Å². The Balaban J connectivity index is 1.77. The van der Waals surface area contributed by atoms with Crippen LogP contribution in [0.15, 0.2) is 43.0 Å². The van der Waals surface area contributed by atoms with Crippen molar-refractivity contribution in [1.82, 2.24) is 15.0 Å². The van der Waals surface area contributed by atoms with Gasteiger partial charge in [-0.05, 0) is 37.1 Å². The third-order valence-electron chi connectivity index (χ3n) is 4.48. The molecule has 9 heteroatoms. The molecule has 160 valence electrons. The summed E-state index contributed by atoms with van der Waals surface area (Å²) in [7, 11) is 1.53. The number of esters is 1. The van der Waals surface area contributed by atoms with Crippen LogP contribution in [0.3, 0.4) is 0 Å². The van der Waals surface area contributed by atoms with Crippen LogP contribution in [0, 0.1) is 19.7 Å². The summed E-state index contributed by atoms with van der Waals surface area (Å²) in [6.07, 6.45) is 5.22. The Kier molecular flexibility index (Phi) is 6.99. The molecule has 1 N–H and O–H groups in total. The first kappa shape index (κ1) is 22.0. The van der Waals surface area contributed by atoms with Crippen LogP contribution in [0.4, 0.5) is 10.2 Å². The molecule has 1 amide bonds. The van der Waals surface area contributed by atoms with E-state index in [4.69, 9.17) is 9.47 Å². The molecular formula is C22H21FN4O4. The number of aryl methyl sites for hydroxylation is 2. The highest BCUT2D eigenvalue weighted by atomic mass is 19.1. The number of hydrogen-bond acceptors (Lipinski definition) is 7. The standard InChI is InChI=1S/C22H21FN4O4/c1-13-4-5-15(22(29)31-7-6-30-3)8-16(13)18-11-26-19(12-25-18)27-21(28)20-14(2)9-24-10-17(20)23/h4-5,8-12H,6-7H2,1-3H3,(H,26,27,28). The van der Waals surface area contributed by atoms with Gasteiger partial charge in [-0.3, -0.25) is 14.8 Å². The summed E-state index contributed by atoms with van der Waals surface area (Å²) in [5, 5.41) is 2.53. The van der Waals surface area contributed by atoms with Gasteiger partial charge in [0.05, 0.1) is 42.0 Å². The van der Waals surface area contributed by atoms with Crippen LogP contribution in [0.25, 0.3) is 11.3 Å². The van der Waals surface area contributed by atoms with Gasteiger partial charge in [0.25, 0.3) is 5.91 Å². The summed E-state index contributed by atoms with van der Waals surface area (Å²) in [5.74, 6) is -1.66. The zero-order valence-corrected chi connectivity index (χ0v) is 17.3. The Bertz CT molecular complexity index is 1080. The molecule has 3 rings (SSSR count). The number of benzene rings is 1. The van der Waals surface area contributed by atoms with Crippen molar-refractivity contribution < 1.29 is 23.5 Å². The van der Waals surface area contributed by atoms with E-state index in [0.29, 0.717) is 29.0 Å². The molecule has 1 aromatic carbocycles. The van der Waals surface area contributed by atoms with Crippen molar-refractivity contribution in [3.63, 3.8) is 0 Å². The topological polar surface area (TPSA) is 103 Å².